The highest BCUT2D eigenvalue weighted by atomic mass is 16.2. The molecule has 114 valence electrons. The van der Waals surface area contributed by atoms with Gasteiger partial charge in [-0.2, -0.15) is 0 Å². The molecule has 0 bridgehead atoms. The van der Waals surface area contributed by atoms with Crippen molar-refractivity contribution in [1.29, 1.82) is 0 Å². The molecule has 4 heteroatoms. The summed E-state index contributed by atoms with van der Waals surface area (Å²) >= 11 is 0. The number of likely N-dealkylation sites (tertiary alicyclic amines) is 2. The molecule has 0 aromatic carbocycles. The van der Waals surface area contributed by atoms with Gasteiger partial charge < -0.3 is 15.1 Å². The van der Waals surface area contributed by atoms with E-state index in [-0.39, 0.29) is 6.03 Å². The summed E-state index contributed by atoms with van der Waals surface area (Å²) in [5, 5.41) is 3.28. The Kier molecular flexibility index (Phi) is 4.81. The molecule has 4 nitrogen and oxygen atoms in total. The van der Waals surface area contributed by atoms with E-state index in [1.54, 1.807) is 0 Å². The third kappa shape index (κ3) is 3.46. The van der Waals surface area contributed by atoms with Crippen molar-refractivity contribution >= 4 is 6.03 Å². The summed E-state index contributed by atoms with van der Waals surface area (Å²) in [4.78, 5) is 17.2. The first kappa shape index (κ1) is 14.2. The van der Waals surface area contributed by atoms with Crippen LogP contribution in [0.3, 0.4) is 0 Å². The Morgan fingerprint density at radius 1 is 0.900 bits per heavy atom. The lowest BCUT2D eigenvalue weighted by Crippen LogP contribution is -2.50. The van der Waals surface area contributed by atoms with Gasteiger partial charge in [0.1, 0.15) is 0 Å². The number of nitrogens with one attached hydrogen (secondary N) is 1. The second-order valence-electron chi connectivity index (χ2n) is 6.78. The van der Waals surface area contributed by atoms with Crippen LogP contribution in [0.15, 0.2) is 0 Å². The van der Waals surface area contributed by atoms with E-state index in [2.05, 4.69) is 15.1 Å². The van der Waals surface area contributed by atoms with Crippen LogP contribution in [-0.4, -0.2) is 54.1 Å². The number of carbonyl (C=O) groups is 1. The van der Waals surface area contributed by atoms with Crippen LogP contribution in [0.2, 0.25) is 0 Å². The maximum absolute atomic E-state index is 12.5. The van der Waals surface area contributed by atoms with Crippen molar-refractivity contribution in [2.24, 2.45) is 0 Å². The van der Waals surface area contributed by atoms with E-state index in [0.29, 0.717) is 12.1 Å². The van der Waals surface area contributed by atoms with Crippen molar-refractivity contribution in [3.63, 3.8) is 0 Å². The Balaban J connectivity index is 1.49. The molecule has 1 unspecified atom stereocenters. The summed E-state index contributed by atoms with van der Waals surface area (Å²) in [7, 11) is 0. The zero-order chi connectivity index (χ0) is 13.8. The van der Waals surface area contributed by atoms with Crippen LogP contribution >= 0.6 is 0 Å². The van der Waals surface area contributed by atoms with E-state index in [4.69, 9.17) is 0 Å². The molecule has 0 radical (unpaired) electrons. The molecule has 3 fully saturated rings. The lowest BCUT2D eigenvalue weighted by atomic mass is 9.96. The van der Waals surface area contributed by atoms with E-state index in [9.17, 15) is 4.79 Å². The van der Waals surface area contributed by atoms with Crippen molar-refractivity contribution in [2.45, 2.75) is 69.9 Å². The molecule has 1 aliphatic carbocycles. The molecule has 2 heterocycles. The summed E-state index contributed by atoms with van der Waals surface area (Å²) in [6.07, 6.45) is 11.3. The lowest BCUT2D eigenvalue weighted by molar-refractivity contribution is 0.169. The first-order valence-electron chi connectivity index (χ1n) is 8.62. The molecule has 2 aliphatic heterocycles. The third-order valence-corrected chi connectivity index (χ3v) is 5.24. The molecular formula is C16H29N3O. The smallest absolute Gasteiger partial charge is 0.317 e. The Morgan fingerprint density at radius 2 is 1.65 bits per heavy atom. The highest BCUT2D eigenvalue weighted by Crippen LogP contribution is 2.22. The van der Waals surface area contributed by atoms with Gasteiger partial charge in [-0.25, -0.2) is 4.79 Å². The van der Waals surface area contributed by atoms with Gasteiger partial charge in [-0.15, -0.1) is 0 Å². The van der Waals surface area contributed by atoms with Gasteiger partial charge in [0, 0.05) is 25.2 Å². The standard InChI is InChI=1S/C16H29N3O/c20-16(17-14-7-2-1-3-8-14)19-12-6-9-15(19)13-18-10-4-5-11-18/h14-15H,1-13H2,(H,17,20). The van der Waals surface area contributed by atoms with Crippen molar-refractivity contribution in [3.8, 4) is 0 Å². The number of nitrogens with zero attached hydrogens (tertiary/aromatic N) is 2. The summed E-state index contributed by atoms with van der Waals surface area (Å²) < 4.78 is 0. The predicted octanol–water partition coefficient (Wildman–Crippen LogP) is 2.59. The van der Waals surface area contributed by atoms with Gasteiger partial charge in [0.2, 0.25) is 0 Å². The van der Waals surface area contributed by atoms with Crippen LogP contribution in [0.25, 0.3) is 0 Å². The molecule has 1 saturated carbocycles. The number of urea groups is 1. The van der Waals surface area contributed by atoms with Crippen LogP contribution in [-0.2, 0) is 0 Å². The Morgan fingerprint density at radius 3 is 2.40 bits per heavy atom. The van der Waals surface area contributed by atoms with E-state index >= 15 is 0 Å². The monoisotopic (exact) mass is 279 g/mol. The molecule has 2 amide bonds. The van der Waals surface area contributed by atoms with Crippen molar-refractivity contribution in [2.75, 3.05) is 26.2 Å². The molecule has 0 spiro atoms. The maximum atomic E-state index is 12.5. The normalized spacial score (nSPS) is 29.0. The third-order valence-electron chi connectivity index (χ3n) is 5.24. The highest BCUT2D eigenvalue weighted by Gasteiger charge is 2.31. The zero-order valence-corrected chi connectivity index (χ0v) is 12.6. The zero-order valence-electron chi connectivity index (χ0n) is 12.6. The summed E-state index contributed by atoms with van der Waals surface area (Å²) in [6, 6.07) is 1.10. The van der Waals surface area contributed by atoms with Gasteiger partial charge in [-0.1, -0.05) is 19.3 Å². The van der Waals surface area contributed by atoms with Gasteiger partial charge in [0.15, 0.2) is 0 Å². The number of hydrogen-bond donors (Lipinski definition) is 1. The number of hydrogen-bond acceptors (Lipinski definition) is 2. The topological polar surface area (TPSA) is 35.6 Å². The average Bonchev–Trinajstić information content (AvgIpc) is 3.12. The molecule has 3 aliphatic rings. The summed E-state index contributed by atoms with van der Waals surface area (Å²) in [5.74, 6) is 0. The number of rotatable bonds is 3. The Hall–Kier alpha value is -0.770. The second-order valence-corrected chi connectivity index (χ2v) is 6.78. The highest BCUT2D eigenvalue weighted by molar-refractivity contribution is 5.75. The Bertz CT molecular complexity index is 322. The summed E-state index contributed by atoms with van der Waals surface area (Å²) in [6.45, 7) is 4.51. The van der Waals surface area contributed by atoms with Gasteiger partial charge in [0.25, 0.3) is 0 Å². The average molecular weight is 279 g/mol. The minimum absolute atomic E-state index is 0.207. The minimum atomic E-state index is 0.207. The van der Waals surface area contributed by atoms with Crippen LogP contribution < -0.4 is 5.32 Å². The van der Waals surface area contributed by atoms with E-state index in [1.807, 2.05) is 0 Å². The van der Waals surface area contributed by atoms with Crippen LogP contribution in [0.5, 0.6) is 0 Å². The van der Waals surface area contributed by atoms with Gasteiger partial charge in [-0.05, 0) is 51.6 Å². The second kappa shape index (κ2) is 6.79. The van der Waals surface area contributed by atoms with Crippen LogP contribution in [0.1, 0.15) is 57.8 Å². The molecule has 2 saturated heterocycles. The van der Waals surface area contributed by atoms with E-state index < -0.39 is 0 Å². The van der Waals surface area contributed by atoms with E-state index in [1.165, 1.54) is 70.9 Å². The molecule has 0 aromatic rings. The SMILES string of the molecule is O=C(NC1CCCCC1)N1CCCC1CN1CCCC1. The van der Waals surface area contributed by atoms with Crippen molar-refractivity contribution in [1.82, 2.24) is 15.1 Å². The van der Waals surface area contributed by atoms with Crippen LogP contribution in [0, 0.1) is 0 Å². The molecule has 1 N–H and O–H groups in total. The number of carbonyl (C=O) groups excluding carboxylic acids is 1. The fourth-order valence-electron chi connectivity index (χ4n) is 4.06. The van der Waals surface area contributed by atoms with E-state index in [0.717, 1.165) is 13.1 Å². The molecule has 1 atom stereocenters. The first-order valence-corrected chi connectivity index (χ1v) is 8.62. The number of amides is 2. The molecular weight excluding hydrogens is 250 g/mol. The van der Waals surface area contributed by atoms with Gasteiger partial charge in [0.05, 0.1) is 0 Å². The van der Waals surface area contributed by atoms with Gasteiger partial charge in [-0.3, -0.25) is 0 Å². The van der Waals surface area contributed by atoms with Crippen molar-refractivity contribution in [3.05, 3.63) is 0 Å². The van der Waals surface area contributed by atoms with Crippen molar-refractivity contribution < 1.29 is 4.79 Å². The Labute approximate surface area is 122 Å². The first-order chi connectivity index (χ1) is 9.83. The van der Waals surface area contributed by atoms with Gasteiger partial charge >= 0.3 is 6.03 Å². The molecule has 3 rings (SSSR count). The molecule has 20 heavy (non-hydrogen) atoms. The van der Waals surface area contributed by atoms with Crippen LogP contribution in [0.4, 0.5) is 4.79 Å². The largest absolute Gasteiger partial charge is 0.335 e. The molecule has 0 aromatic heterocycles. The quantitative estimate of drug-likeness (QED) is 0.862. The fourth-order valence-corrected chi connectivity index (χ4v) is 4.06. The fraction of sp³-hybridized carbons (Fsp3) is 0.938. The minimum Gasteiger partial charge on any atom is -0.335 e. The predicted molar refractivity (Wildman–Crippen MR) is 80.8 cm³/mol. The lowest BCUT2D eigenvalue weighted by Gasteiger charge is -2.31. The summed E-state index contributed by atoms with van der Waals surface area (Å²) in [5.41, 5.74) is 0. The maximum Gasteiger partial charge on any atom is 0.317 e.